The minimum atomic E-state index is -0.693. The molecule has 0 spiro atoms. The predicted molar refractivity (Wildman–Crippen MR) is 115 cm³/mol. The van der Waals surface area contributed by atoms with Crippen LogP contribution in [0.15, 0.2) is 83.5 Å². The van der Waals surface area contributed by atoms with Gasteiger partial charge in [-0.15, -0.1) is 0 Å². The number of carbonyl (C=O) groups is 2. The van der Waals surface area contributed by atoms with Gasteiger partial charge in [0, 0.05) is 32.5 Å². The number of nitrogens with zero attached hydrogens (tertiary/aromatic N) is 1. The lowest BCUT2D eigenvalue weighted by Crippen LogP contribution is -2.24. The highest BCUT2D eigenvalue weighted by Gasteiger charge is 2.24. The normalized spacial score (nSPS) is 10.8. The summed E-state index contributed by atoms with van der Waals surface area (Å²) >= 11 is 9.34. The number of rotatable bonds is 4. The zero-order valence-electron chi connectivity index (χ0n) is 14.5. The Balaban J connectivity index is 1.76. The van der Waals surface area contributed by atoms with Gasteiger partial charge in [0.15, 0.2) is 0 Å². The number of hydrogen-bond acceptors (Lipinski definition) is 2. The minimum Gasteiger partial charge on any atom is -0.319 e. The summed E-state index contributed by atoms with van der Waals surface area (Å²) in [7, 11) is 0. The van der Waals surface area contributed by atoms with Crippen molar-refractivity contribution in [1.82, 2.24) is 4.40 Å². The van der Waals surface area contributed by atoms with E-state index in [4.69, 9.17) is 11.6 Å². The molecule has 0 aliphatic heterocycles. The van der Waals surface area contributed by atoms with Crippen LogP contribution in [0.5, 0.6) is 0 Å². The first-order valence-electron chi connectivity index (χ1n) is 8.50. The molecule has 0 aliphatic rings. The molecular weight excluding hydrogens is 440 g/mol. The zero-order chi connectivity index (χ0) is 19.7. The molecule has 2 aromatic carbocycles. The molecule has 1 amide bonds. The molecule has 0 bridgehead atoms. The lowest BCUT2D eigenvalue weighted by Gasteiger charge is -2.08. The molecule has 6 heteroatoms. The fourth-order valence-electron chi connectivity index (χ4n) is 3.03. The van der Waals surface area contributed by atoms with Gasteiger partial charge in [0.05, 0.1) is 0 Å². The Morgan fingerprint density at radius 1 is 0.929 bits per heavy atom. The van der Waals surface area contributed by atoms with Crippen molar-refractivity contribution in [2.75, 3.05) is 5.32 Å². The molecule has 0 fully saturated rings. The number of aromatic nitrogens is 1. The van der Waals surface area contributed by atoms with Crippen molar-refractivity contribution in [3.63, 3.8) is 0 Å². The number of carbonyl (C=O) groups excluding carboxylic acids is 2. The lowest BCUT2D eigenvalue weighted by molar-refractivity contribution is -0.112. The molecule has 0 saturated carbocycles. The van der Waals surface area contributed by atoms with Gasteiger partial charge in [-0.05, 0) is 60.2 Å². The standard InChI is InChI=1S/C22H14BrClN2O2/c23-15-6-10-17(11-7-15)25-22(28)21(27)20-19(14-4-8-16(24)9-5-14)13-18-3-1-2-12-26(18)20/h1-13H,(H,25,28). The summed E-state index contributed by atoms with van der Waals surface area (Å²) in [6, 6.07) is 21.7. The highest BCUT2D eigenvalue weighted by molar-refractivity contribution is 9.10. The Morgan fingerprint density at radius 2 is 1.64 bits per heavy atom. The Bertz CT molecular complexity index is 1180. The average Bonchev–Trinajstić information content (AvgIpc) is 3.09. The summed E-state index contributed by atoms with van der Waals surface area (Å²) in [6.45, 7) is 0. The number of amides is 1. The Hall–Kier alpha value is -2.89. The quantitative estimate of drug-likeness (QED) is 0.311. The van der Waals surface area contributed by atoms with Gasteiger partial charge in [-0.1, -0.05) is 45.7 Å². The van der Waals surface area contributed by atoms with E-state index in [2.05, 4.69) is 21.2 Å². The highest BCUT2D eigenvalue weighted by atomic mass is 79.9. The predicted octanol–water partition coefficient (Wildman–Crippen LogP) is 5.84. The first kappa shape index (κ1) is 18.5. The van der Waals surface area contributed by atoms with Crippen LogP contribution in [0, 0.1) is 0 Å². The van der Waals surface area contributed by atoms with Gasteiger partial charge in [0.2, 0.25) is 0 Å². The van der Waals surface area contributed by atoms with Crippen LogP contribution in [0.25, 0.3) is 16.6 Å². The van der Waals surface area contributed by atoms with Crippen LogP contribution in [0.3, 0.4) is 0 Å². The molecule has 28 heavy (non-hydrogen) atoms. The summed E-state index contributed by atoms with van der Waals surface area (Å²) in [5.41, 5.74) is 3.18. The second-order valence-electron chi connectivity index (χ2n) is 6.20. The topological polar surface area (TPSA) is 50.6 Å². The number of anilines is 1. The van der Waals surface area contributed by atoms with E-state index in [9.17, 15) is 9.59 Å². The molecule has 138 valence electrons. The summed E-state index contributed by atoms with van der Waals surface area (Å²) in [4.78, 5) is 25.8. The first-order chi connectivity index (χ1) is 13.5. The van der Waals surface area contributed by atoms with E-state index < -0.39 is 11.7 Å². The van der Waals surface area contributed by atoms with Crippen molar-refractivity contribution in [2.24, 2.45) is 0 Å². The molecule has 0 radical (unpaired) electrons. The minimum absolute atomic E-state index is 0.313. The van der Waals surface area contributed by atoms with Crippen LogP contribution < -0.4 is 5.32 Å². The van der Waals surface area contributed by atoms with Crippen molar-refractivity contribution in [2.45, 2.75) is 0 Å². The number of halogens is 2. The fraction of sp³-hybridized carbons (Fsp3) is 0. The number of ketones is 1. The molecule has 4 aromatic rings. The molecule has 4 nitrogen and oxygen atoms in total. The average molecular weight is 454 g/mol. The van der Waals surface area contributed by atoms with E-state index in [1.165, 1.54) is 0 Å². The molecule has 1 N–H and O–H groups in total. The van der Waals surface area contributed by atoms with Gasteiger partial charge in [0.25, 0.3) is 11.7 Å². The molecule has 2 heterocycles. The lowest BCUT2D eigenvalue weighted by atomic mass is 10.0. The SMILES string of the molecule is O=C(Nc1ccc(Br)cc1)C(=O)c1c(-c2ccc(Cl)cc2)cc2ccccn12. The maximum Gasteiger partial charge on any atom is 0.298 e. The smallest absolute Gasteiger partial charge is 0.298 e. The third-order valence-electron chi connectivity index (χ3n) is 4.36. The maximum atomic E-state index is 13.1. The molecule has 0 saturated heterocycles. The van der Waals surface area contributed by atoms with Crippen molar-refractivity contribution < 1.29 is 9.59 Å². The molecular formula is C22H14BrClN2O2. The van der Waals surface area contributed by atoms with Crippen LogP contribution >= 0.6 is 27.5 Å². The van der Waals surface area contributed by atoms with Gasteiger partial charge in [-0.25, -0.2) is 0 Å². The van der Waals surface area contributed by atoms with Gasteiger partial charge in [-0.2, -0.15) is 0 Å². The van der Waals surface area contributed by atoms with E-state index in [1.807, 2.05) is 36.4 Å². The van der Waals surface area contributed by atoms with Gasteiger partial charge < -0.3 is 9.72 Å². The largest absolute Gasteiger partial charge is 0.319 e. The third-order valence-corrected chi connectivity index (χ3v) is 5.14. The van der Waals surface area contributed by atoms with Crippen LogP contribution in [0.1, 0.15) is 10.5 Å². The van der Waals surface area contributed by atoms with Crippen molar-refractivity contribution in [3.05, 3.63) is 94.2 Å². The molecule has 0 atom stereocenters. The first-order valence-corrected chi connectivity index (χ1v) is 9.67. The summed E-state index contributed by atoms with van der Waals surface area (Å²) in [5.74, 6) is -1.31. The van der Waals surface area contributed by atoms with Crippen LogP contribution in [-0.4, -0.2) is 16.1 Å². The highest BCUT2D eigenvalue weighted by Crippen LogP contribution is 2.29. The molecule has 4 rings (SSSR count). The van der Waals surface area contributed by atoms with E-state index in [0.717, 1.165) is 15.6 Å². The van der Waals surface area contributed by atoms with Gasteiger partial charge in [-0.3, -0.25) is 9.59 Å². The number of pyridine rings is 1. The van der Waals surface area contributed by atoms with E-state index in [0.29, 0.717) is 22.0 Å². The Morgan fingerprint density at radius 3 is 2.36 bits per heavy atom. The van der Waals surface area contributed by atoms with Gasteiger partial charge >= 0.3 is 0 Å². The second kappa shape index (κ2) is 7.62. The third kappa shape index (κ3) is 3.59. The molecule has 2 aromatic heterocycles. The molecule has 0 aliphatic carbocycles. The number of benzene rings is 2. The monoisotopic (exact) mass is 452 g/mol. The molecule has 0 unspecified atom stereocenters. The van der Waals surface area contributed by atoms with E-state index >= 15 is 0 Å². The Kier molecular flexibility index (Phi) is 5.03. The van der Waals surface area contributed by atoms with Gasteiger partial charge in [0.1, 0.15) is 5.69 Å². The Labute approximate surface area is 174 Å². The van der Waals surface area contributed by atoms with Crippen LogP contribution in [0.4, 0.5) is 5.69 Å². The number of hydrogen-bond donors (Lipinski definition) is 1. The van der Waals surface area contributed by atoms with E-state index in [-0.39, 0.29) is 0 Å². The summed E-state index contributed by atoms with van der Waals surface area (Å²) in [6.07, 6.45) is 1.77. The fourth-order valence-corrected chi connectivity index (χ4v) is 3.42. The van der Waals surface area contributed by atoms with Crippen molar-refractivity contribution >= 4 is 50.4 Å². The summed E-state index contributed by atoms with van der Waals surface area (Å²) in [5, 5.41) is 3.27. The van der Waals surface area contributed by atoms with Crippen LogP contribution in [-0.2, 0) is 4.79 Å². The van der Waals surface area contributed by atoms with Crippen molar-refractivity contribution in [3.8, 4) is 11.1 Å². The number of nitrogens with one attached hydrogen (secondary N) is 1. The maximum absolute atomic E-state index is 13.1. The van der Waals surface area contributed by atoms with Crippen LogP contribution in [0.2, 0.25) is 5.02 Å². The number of fused-ring (bicyclic) bond motifs is 1. The number of Topliss-reactive ketones (excluding diaryl/α,β-unsaturated/α-hetero) is 1. The summed E-state index contributed by atoms with van der Waals surface area (Å²) < 4.78 is 2.62. The second-order valence-corrected chi connectivity index (χ2v) is 7.55. The zero-order valence-corrected chi connectivity index (χ0v) is 16.9. The van der Waals surface area contributed by atoms with Crippen molar-refractivity contribution in [1.29, 1.82) is 0 Å². The van der Waals surface area contributed by atoms with E-state index in [1.54, 1.807) is 47.0 Å².